The van der Waals surface area contributed by atoms with Crippen molar-refractivity contribution in [2.75, 3.05) is 19.8 Å². The minimum absolute atomic E-state index is 0.767. The largest absolute Gasteiger partial charge is 0.382 e. The monoisotopic (exact) mass is 227 g/mol. The van der Waals surface area contributed by atoms with Gasteiger partial charge in [-0.15, -0.1) is 0 Å². The first kappa shape index (κ1) is 14.0. The van der Waals surface area contributed by atoms with Gasteiger partial charge in [-0.2, -0.15) is 0 Å². The van der Waals surface area contributed by atoms with Crippen LogP contribution in [0.5, 0.6) is 0 Å². The molecule has 1 aliphatic carbocycles. The molecule has 0 aromatic heterocycles. The molecule has 0 radical (unpaired) electrons. The number of nitrogens with one attached hydrogen (secondary N) is 1. The van der Waals surface area contributed by atoms with Gasteiger partial charge in [-0.05, 0) is 57.4 Å². The van der Waals surface area contributed by atoms with Gasteiger partial charge in [-0.3, -0.25) is 0 Å². The van der Waals surface area contributed by atoms with Crippen LogP contribution in [0, 0.1) is 11.8 Å². The SMILES string of the molecule is CCOCCCCNC1CCC(C)CC1C. The Labute approximate surface area is 101 Å². The molecule has 0 aromatic rings. The predicted octanol–water partition coefficient (Wildman–Crippen LogP) is 3.22. The van der Waals surface area contributed by atoms with Gasteiger partial charge in [0, 0.05) is 19.3 Å². The summed E-state index contributed by atoms with van der Waals surface area (Å²) in [5.41, 5.74) is 0. The summed E-state index contributed by atoms with van der Waals surface area (Å²) in [7, 11) is 0. The van der Waals surface area contributed by atoms with E-state index < -0.39 is 0 Å². The normalized spacial score (nSPS) is 30.6. The van der Waals surface area contributed by atoms with E-state index in [-0.39, 0.29) is 0 Å². The van der Waals surface area contributed by atoms with Gasteiger partial charge >= 0.3 is 0 Å². The van der Waals surface area contributed by atoms with Crippen LogP contribution in [0.25, 0.3) is 0 Å². The smallest absolute Gasteiger partial charge is 0.0466 e. The van der Waals surface area contributed by atoms with Crippen LogP contribution in [0.4, 0.5) is 0 Å². The third-order valence-corrected chi connectivity index (χ3v) is 3.76. The Bertz CT molecular complexity index is 172. The van der Waals surface area contributed by atoms with Gasteiger partial charge in [0.1, 0.15) is 0 Å². The van der Waals surface area contributed by atoms with E-state index in [1.54, 1.807) is 0 Å². The Morgan fingerprint density at radius 2 is 2.00 bits per heavy atom. The molecule has 0 aromatic carbocycles. The van der Waals surface area contributed by atoms with Crippen molar-refractivity contribution in [3.63, 3.8) is 0 Å². The van der Waals surface area contributed by atoms with E-state index in [4.69, 9.17) is 4.74 Å². The lowest BCUT2D eigenvalue weighted by molar-refractivity contribution is 0.142. The van der Waals surface area contributed by atoms with Crippen LogP contribution in [0.3, 0.4) is 0 Å². The van der Waals surface area contributed by atoms with Crippen molar-refractivity contribution < 1.29 is 4.74 Å². The fourth-order valence-corrected chi connectivity index (χ4v) is 2.73. The summed E-state index contributed by atoms with van der Waals surface area (Å²) in [6.07, 6.45) is 6.61. The molecular formula is C14H29NO. The van der Waals surface area contributed by atoms with Crippen LogP contribution in [0.2, 0.25) is 0 Å². The average Bonchev–Trinajstić information content (AvgIpc) is 2.26. The van der Waals surface area contributed by atoms with Crippen LogP contribution >= 0.6 is 0 Å². The highest BCUT2D eigenvalue weighted by molar-refractivity contribution is 4.80. The van der Waals surface area contributed by atoms with E-state index in [1.807, 2.05) is 0 Å². The molecular weight excluding hydrogens is 198 g/mol. The van der Waals surface area contributed by atoms with Crippen molar-refractivity contribution in [3.05, 3.63) is 0 Å². The maximum Gasteiger partial charge on any atom is 0.0466 e. The van der Waals surface area contributed by atoms with Crippen molar-refractivity contribution in [1.82, 2.24) is 5.32 Å². The lowest BCUT2D eigenvalue weighted by Gasteiger charge is -2.33. The van der Waals surface area contributed by atoms with Crippen LogP contribution in [0.1, 0.15) is 52.9 Å². The first-order valence-corrected chi connectivity index (χ1v) is 7.05. The number of ether oxygens (including phenoxy) is 1. The van der Waals surface area contributed by atoms with Gasteiger partial charge in [0.15, 0.2) is 0 Å². The molecule has 0 saturated heterocycles. The lowest BCUT2D eigenvalue weighted by atomic mass is 9.80. The van der Waals surface area contributed by atoms with Gasteiger partial charge in [0.05, 0.1) is 0 Å². The third-order valence-electron chi connectivity index (χ3n) is 3.76. The molecule has 0 heterocycles. The fourth-order valence-electron chi connectivity index (χ4n) is 2.73. The number of unbranched alkanes of at least 4 members (excludes halogenated alkanes) is 1. The highest BCUT2D eigenvalue weighted by Gasteiger charge is 2.24. The van der Waals surface area contributed by atoms with Crippen molar-refractivity contribution in [3.8, 4) is 0 Å². The molecule has 0 bridgehead atoms. The van der Waals surface area contributed by atoms with Crippen molar-refractivity contribution >= 4 is 0 Å². The first-order chi connectivity index (χ1) is 7.74. The van der Waals surface area contributed by atoms with E-state index in [0.717, 1.165) is 37.6 Å². The summed E-state index contributed by atoms with van der Waals surface area (Å²) < 4.78 is 5.33. The van der Waals surface area contributed by atoms with Gasteiger partial charge in [0.25, 0.3) is 0 Å². The zero-order valence-corrected chi connectivity index (χ0v) is 11.3. The van der Waals surface area contributed by atoms with Crippen LogP contribution in [-0.4, -0.2) is 25.8 Å². The number of hydrogen-bond donors (Lipinski definition) is 1. The molecule has 3 unspecified atom stereocenters. The molecule has 1 rings (SSSR count). The van der Waals surface area contributed by atoms with Gasteiger partial charge < -0.3 is 10.1 Å². The number of rotatable bonds is 7. The fraction of sp³-hybridized carbons (Fsp3) is 1.00. The third kappa shape index (κ3) is 5.31. The molecule has 2 nitrogen and oxygen atoms in total. The number of hydrogen-bond acceptors (Lipinski definition) is 2. The maximum atomic E-state index is 5.33. The first-order valence-electron chi connectivity index (χ1n) is 7.05. The minimum atomic E-state index is 0.767. The molecule has 0 amide bonds. The predicted molar refractivity (Wildman–Crippen MR) is 69.7 cm³/mol. The molecule has 2 heteroatoms. The Morgan fingerprint density at radius 3 is 2.69 bits per heavy atom. The van der Waals surface area contributed by atoms with Gasteiger partial charge in [0.2, 0.25) is 0 Å². The zero-order valence-electron chi connectivity index (χ0n) is 11.3. The molecule has 0 aliphatic heterocycles. The minimum Gasteiger partial charge on any atom is -0.382 e. The summed E-state index contributed by atoms with van der Waals surface area (Å²) in [6.45, 7) is 9.78. The zero-order chi connectivity index (χ0) is 11.8. The van der Waals surface area contributed by atoms with E-state index in [9.17, 15) is 0 Å². The summed E-state index contributed by atoms with van der Waals surface area (Å²) in [5.74, 6) is 1.79. The molecule has 96 valence electrons. The summed E-state index contributed by atoms with van der Waals surface area (Å²) in [5, 5.41) is 3.71. The Balaban J connectivity index is 2.00. The standard InChI is InChI=1S/C14H29NO/c1-4-16-10-6-5-9-15-14-8-7-12(2)11-13(14)3/h12-15H,4-11H2,1-3H3. The lowest BCUT2D eigenvalue weighted by Crippen LogP contribution is -2.39. The van der Waals surface area contributed by atoms with Crippen LogP contribution < -0.4 is 5.32 Å². The summed E-state index contributed by atoms with van der Waals surface area (Å²) >= 11 is 0. The maximum absolute atomic E-state index is 5.33. The Hall–Kier alpha value is -0.0800. The highest BCUT2D eigenvalue weighted by atomic mass is 16.5. The molecule has 0 spiro atoms. The van der Waals surface area contributed by atoms with E-state index in [2.05, 4.69) is 26.1 Å². The van der Waals surface area contributed by atoms with E-state index in [0.29, 0.717) is 0 Å². The second kappa shape index (κ2) is 8.08. The molecule has 16 heavy (non-hydrogen) atoms. The molecule has 3 atom stereocenters. The topological polar surface area (TPSA) is 21.3 Å². The second-order valence-corrected chi connectivity index (χ2v) is 5.36. The Kier molecular flexibility index (Phi) is 7.06. The van der Waals surface area contributed by atoms with Gasteiger partial charge in [-0.1, -0.05) is 13.8 Å². The van der Waals surface area contributed by atoms with Gasteiger partial charge in [-0.25, -0.2) is 0 Å². The highest BCUT2D eigenvalue weighted by Crippen LogP contribution is 2.28. The summed E-state index contributed by atoms with van der Waals surface area (Å²) in [6, 6.07) is 0.767. The van der Waals surface area contributed by atoms with Crippen LogP contribution in [-0.2, 0) is 4.74 Å². The molecule has 1 fully saturated rings. The second-order valence-electron chi connectivity index (χ2n) is 5.36. The average molecular weight is 227 g/mol. The molecule has 1 saturated carbocycles. The Morgan fingerprint density at radius 1 is 1.19 bits per heavy atom. The van der Waals surface area contributed by atoms with E-state index >= 15 is 0 Å². The van der Waals surface area contributed by atoms with Crippen LogP contribution in [0.15, 0.2) is 0 Å². The van der Waals surface area contributed by atoms with Crippen molar-refractivity contribution in [2.45, 2.75) is 58.9 Å². The molecule has 1 N–H and O–H groups in total. The molecule has 1 aliphatic rings. The summed E-state index contributed by atoms with van der Waals surface area (Å²) in [4.78, 5) is 0. The van der Waals surface area contributed by atoms with Crippen molar-refractivity contribution in [1.29, 1.82) is 0 Å². The van der Waals surface area contributed by atoms with E-state index in [1.165, 1.54) is 32.1 Å². The quantitative estimate of drug-likeness (QED) is 0.674. The van der Waals surface area contributed by atoms with Crippen molar-refractivity contribution in [2.24, 2.45) is 11.8 Å².